The largest absolute Gasteiger partial charge is 0.467 e. The number of aromatic nitrogens is 3. The SMILES string of the molecule is COC(=O)C(O)Cn1c(NC(=O)c2ccc(-c3cnc(C)o3)s2)nc2cc(N(C)C(=O)c3ccccc3)ccc21. The number of aliphatic hydroxyl groups is 1. The van der Waals surface area contributed by atoms with Crippen LogP contribution in [-0.4, -0.2) is 57.7 Å². The van der Waals surface area contributed by atoms with Gasteiger partial charge >= 0.3 is 5.97 Å². The quantitative estimate of drug-likeness (QED) is 0.271. The Morgan fingerprint density at radius 3 is 2.62 bits per heavy atom. The van der Waals surface area contributed by atoms with E-state index in [2.05, 4.69) is 20.0 Å². The summed E-state index contributed by atoms with van der Waals surface area (Å²) in [6.45, 7) is 1.52. The molecule has 11 nitrogen and oxygen atoms in total. The van der Waals surface area contributed by atoms with Gasteiger partial charge in [0.05, 0.1) is 40.6 Å². The minimum Gasteiger partial charge on any atom is -0.467 e. The molecule has 204 valence electrons. The van der Waals surface area contributed by atoms with Crippen molar-refractivity contribution < 1.29 is 28.6 Å². The number of amides is 2. The number of esters is 1. The third-order valence-corrected chi connectivity index (χ3v) is 7.29. The van der Waals surface area contributed by atoms with Gasteiger partial charge in [0.2, 0.25) is 5.95 Å². The zero-order valence-corrected chi connectivity index (χ0v) is 22.6. The minimum atomic E-state index is -1.50. The summed E-state index contributed by atoms with van der Waals surface area (Å²) in [6.07, 6.45) is 0.0938. The first-order valence-corrected chi connectivity index (χ1v) is 13.0. The Kier molecular flexibility index (Phi) is 7.45. The molecule has 0 aliphatic rings. The predicted molar refractivity (Wildman–Crippen MR) is 149 cm³/mol. The van der Waals surface area contributed by atoms with E-state index in [1.54, 1.807) is 74.8 Å². The number of anilines is 2. The number of nitrogens with zero attached hydrogens (tertiary/aromatic N) is 4. The molecular weight excluding hydrogens is 534 g/mol. The summed E-state index contributed by atoms with van der Waals surface area (Å²) in [7, 11) is 2.83. The van der Waals surface area contributed by atoms with E-state index in [0.29, 0.717) is 38.8 Å². The van der Waals surface area contributed by atoms with Gasteiger partial charge in [-0.1, -0.05) is 18.2 Å². The van der Waals surface area contributed by atoms with Crippen LogP contribution >= 0.6 is 11.3 Å². The number of thiophene rings is 1. The second-order valence-electron chi connectivity index (χ2n) is 8.85. The Morgan fingerprint density at radius 1 is 1.15 bits per heavy atom. The van der Waals surface area contributed by atoms with E-state index >= 15 is 0 Å². The van der Waals surface area contributed by atoms with Gasteiger partial charge in [-0.05, 0) is 42.5 Å². The zero-order valence-electron chi connectivity index (χ0n) is 21.8. The first-order valence-electron chi connectivity index (χ1n) is 12.2. The van der Waals surface area contributed by atoms with Crippen molar-refractivity contribution in [2.45, 2.75) is 19.6 Å². The van der Waals surface area contributed by atoms with Crippen LogP contribution in [-0.2, 0) is 16.1 Å². The van der Waals surface area contributed by atoms with Gasteiger partial charge in [0.1, 0.15) is 0 Å². The van der Waals surface area contributed by atoms with Gasteiger partial charge in [-0.2, -0.15) is 0 Å². The number of oxazole rings is 1. The van der Waals surface area contributed by atoms with E-state index in [9.17, 15) is 19.5 Å². The summed E-state index contributed by atoms with van der Waals surface area (Å²) in [5.41, 5.74) is 2.08. The van der Waals surface area contributed by atoms with E-state index < -0.39 is 18.0 Å². The van der Waals surface area contributed by atoms with Crippen LogP contribution in [0.5, 0.6) is 0 Å². The summed E-state index contributed by atoms with van der Waals surface area (Å²) in [4.78, 5) is 49.4. The molecule has 0 aliphatic carbocycles. The molecule has 40 heavy (non-hydrogen) atoms. The molecule has 0 bridgehead atoms. The lowest BCUT2D eigenvalue weighted by Crippen LogP contribution is -2.28. The van der Waals surface area contributed by atoms with Crippen molar-refractivity contribution in [3.63, 3.8) is 0 Å². The van der Waals surface area contributed by atoms with Crippen molar-refractivity contribution in [3.05, 3.63) is 83.2 Å². The van der Waals surface area contributed by atoms with Crippen LogP contribution in [0.3, 0.4) is 0 Å². The molecule has 0 aliphatic heterocycles. The van der Waals surface area contributed by atoms with Crippen LogP contribution in [0.15, 0.2) is 71.3 Å². The molecule has 5 aromatic rings. The summed E-state index contributed by atoms with van der Waals surface area (Å²) < 4.78 is 11.7. The van der Waals surface area contributed by atoms with Gasteiger partial charge in [-0.25, -0.2) is 14.8 Å². The van der Waals surface area contributed by atoms with Gasteiger partial charge in [0.25, 0.3) is 11.8 Å². The molecule has 5 rings (SSSR count). The normalized spacial score (nSPS) is 11.8. The molecule has 1 unspecified atom stereocenters. The number of aliphatic hydroxyl groups excluding tert-OH is 1. The van der Waals surface area contributed by atoms with Crippen LogP contribution in [0.25, 0.3) is 21.7 Å². The molecule has 3 aromatic heterocycles. The molecule has 0 saturated carbocycles. The first kappa shape index (κ1) is 26.8. The van der Waals surface area contributed by atoms with E-state index in [1.165, 1.54) is 27.9 Å². The lowest BCUT2D eigenvalue weighted by atomic mass is 10.2. The Hall–Kier alpha value is -4.81. The maximum absolute atomic E-state index is 13.2. The average molecular weight is 560 g/mol. The summed E-state index contributed by atoms with van der Waals surface area (Å²) in [5, 5.41) is 13.2. The summed E-state index contributed by atoms with van der Waals surface area (Å²) >= 11 is 1.22. The number of nitrogens with one attached hydrogen (secondary N) is 1. The molecule has 0 spiro atoms. The molecule has 12 heteroatoms. The number of fused-ring (bicyclic) bond motifs is 1. The van der Waals surface area contributed by atoms with Crippen molar-refractivity contribution in [3.8, 4) is 10.6 Å². The number of carbonyl (C=O) groups is 3. The van der Waals surface area contributed by atoms with Crippen molar-refractivity contribution in [2.24, 2.45) is 0 Å². The topological polar surface area (TPSA) is 140 Å². The number of hydrogen-bond acceptors (Lipinski definition) is 9. The number of methoxy groups -OCH3 is 1. The predicted octanol–water partition coefficient (Wildman–Crippen LogP) is 4.12. The van der Waals surface area contributed by atoms with Gasteiger partial charge in [-0.3, -0.25) is 14.9 Å². The number of carbonyl (C=O) groups excluding carboxylic acids is 3. The van der Waals surface area contributed by atoms with Crippen molar-refractivity contribution in [1.29, 1.82) is 0 Å². The number of benzene rings is 2. The smallest absolute Gasteiger partial charge is 0.336 e. The zero-order chi connectivity index (χ0) is 28.4. The minimum absolute atomic E-state index is 0.114. The first-order chi connectivity index (χ1) is 19.2. The standard InChI is InChI=1S/C28H25N5O6S/c1-16-29-14-22(39-16)23-11-12-24(40-23)25(35)31-28-30-19-13-18(32(2)26(36)17-7-5-4-6-8-17)9-10-20(19)33(28)15-21(34)27(37)38-3/h4-14,21,34H,15H2,1-3H3,(H,30,31,35). The fourth-order valence-electron chi connectivity index (χ4n) is 4.11. The van der Waals surface area contributed by atoms with Crippen LogP contribution in [0.2, 0.25) is 0 Å². The van der Waals surface area contributed by atoms with Crippen molar-refractivity contribution in [1.82, 2.24) is 14.5 Å². The number of hydrogen-bond donors (Lipinski definition) is 2. The molecular formula is C28H25N5O6S. The molecule has 0 fully saturated rings. The highest BCUT2D eigenvalue weighted by Gasteiger charge is 2.23. The molecule has 1 atom stereocenters. The van der Waals surface area contributed by atoms with E-state index in [-0.39, 0.29) is 18.4 Å². The number of rotatable bonds is 8. The fourth-order valence-corrected chi connectivity index (χ4v) is 4.96. The van der Waals surface area contributed by atoms with Crippen LogP contribution < -0.4 is 10.2 Å². The van der Waals surface area contributed by atoms with E-state index in [1.807, 2.05) is 6.07 Å². The van der Waals surface area contributed by atoms with E-state index in [0.717, 1.165) is 4.88 Å². The van der Waals surface area contributed by atoms with Gasteiger partial charge in [0, 0.05) is 25.2 Å². The third-order valence-electron chi connectivity index (χ3n) is 6.19. The van der Waals surface area contributed by atoms with Crippen LogP contribution in [0.4, 0.5) is 11.6 Å². The lowest BCUT2D eigenvalue weighted by molar-refractivity contribution is -0.151. The summed E-state index contributed by atoms with van der Waals surface area (Å²) in [6, 6.07) is 17.4. The monoisotopic (exact) mass is 559 g/mol. The van der Waals surface area contributed by atoms with Gasteiger partial charge in [0.15, 0.2) is 17.8 Å². The highest BCUT2D eigenvalue weighted by atomic mass is 32.1. The second kappa shape index (κ2) is 11.1. The molecule has 2 aromatic carbocycles. The highest BCUT2D eigenvalue weighted by molar-refractivity contribution is 7.17. The number of ether oxygens (including phenoxy) is 1. The Morgan fingerprint density at radius 2 is 1.93 bits per heavy atom. The van der Waals surface area contributed by atoms with Crippen LogP contribution in [0, 0.1) is 6.92 Å². The Balaban J connectivity index is 1.47. The fraction of sp³-hybridized carbons (Fsp3) is 0.179. The maximum Gasteiger partial charge on any atom is 0.336 e. The molecule has 0 saturated heterocycles. The average Bonchev–Trinajstić information content (AvgIpc) is 3.71. The Labute approximate surface area is 232 Å². The van der Waals surface area contributed by atoms with Crippen molar-refractivity contribution in [2.75, 3.05) is 24.4 Å². The maximum atomic E-state index is 13.2. The second-order valence-corrected chi connectivity index (χ2v) is 9.93. The van der Waals surface area contributed by atoms with E-state index in [4.69, 9.17) is 4.42 Å². The highest BCUT2D eigenvalue weighted by Crippen LogP contribution is 2.30. The lowest BCUT2D eigenvalue weighted by Gasteiger charge is -2.17. The van der Waals surface area contributed by atoms with Gasteiger partial charge < -0.3 is 23.7 Å². The molecule has 2 N–H and O–H groups in total. The molecule has 0 radical (unpaired) electrons. The third kappa shape index (κ3) is 5.35. The van der Waals surface area contributed by atoms with Crippen LogP contribution in [0.1, 0.15) is 25.9 Å². The number of aryl methyl sites for hydroxylation is 1. The summed E-state index contributed by atoms with van der Waals surface area (Å²) in [5.74, 6) is -0.283. The van der Waals surface area contributed by atoms with Crippen molar-refractivity contribution >= 4 is 51.8 Å². The van der Waals surface area contributed by atoms with Gasteiger partial charge in [-0.15, -0.1) is 11.3 Å². The molecule has 2 amide bonds. The molecule has 3 heterocycles. The Bertz CT molecular complexity index is 1710. The number of imidazole rings is 1.